The largest absolute Gasteiger partial charge is 0.323 e. The molecule has 0 unspecified atom stereocenters. The Labute approximate surface area is 111 Å². The standard InChI is InChI=1S/C12H14N4O2S/c13-16-11-5-1-2-6-12(11)19(17,18)15-9-10-4-3-7-14-8-10/h1-8,15-16H,9,13H2. The zero-order valence-electron chi connectivity index (χ0n) is 10.1. The lowest BCUT2D eigenvalue weighted by Gasteiger charge is -2.10. The fourth-order valence-electron chi connectivity index (χ4n) is 1.58. The van der Waals surface area contributed by atoms with E-state index < -0.39 is 10.0 Å². The van der Waals surface area contributed by atoms with E-state index in [0.717, 1.165) is 5.56 Å². The van der Waals surface area contributed by atoms with Gasteiger partial charge in [0.25, 0.3) is 0 Å². The number of sulfonamides is 1. The average molecular weight is 278 g/mol. The molecule has 0 saturated carbocycles. The van der Waals surface area contributed by atoms with E-state index >= 15 is 0 Å². The van der Waals surface area contributed by atoms with Crippen LogP contribution in [0.25, 0.3) is 0 Å². The molecule has 0 aliphatic heterocycles. The summed E-state index contributed by atoms with van der Waals surface area (Å²) in [6.07, 6.45) is 3.24. The van der Waals surface area contributed by atoms with Crippen molar-refractivity contribution >= 4 is 15.7 Å². The molecule has 1 aromatic heterocycles. The second kappa shape index (κ2) is 5.79. The van der Waals surface area contributed by atoms with Gasteiger partial charge in [0.1, 0.15) is 4.90 Å². The second-order valence-corrected chi connectivity index (χ2v) is 5.56. The summed E-state index contributed by atoms with van der Waals surface area (Å²) in [4.78, 5) is 4.04. The predicted octanol–water partition coefficient (Wildman–Crippen LogP) is 0.846. The van der Waals surface area contributed by atoms with Gasteiger partial charge in [-0.25, -0.2) is 13.1 Å². The Morgan fingerprint density at radius 2 is 1.95 bits per heavy atom. The summed E-state index contributed by atoms with van der Waals surface area (Å²) in [5.41, 5.74) is 3.50. The number of hydrazine groups is 1. The van der Waals surface area contributed by atoms with E-state index in [4.69, 9.17) is 5.84 Å². The monoisotopic (exact) mass is 278 g/mol. The van der Waals surface area contributed by atoms with E-state index in [1.807, 2.05) is 0 Å². The van der Waals surface area contributed by atoms with Gasteiger partial charge in [-0.15, -0.1) is 0 Å². The van der Waals surface area contributed by atoms with E-state index in [1.54, 1.807) is 42.7 Å². The van der Waals surface area contributed by atoms with Crippen LogP contribution in [-0.2, 0) is 16.6 Å². The molecule has 1 heterocycles. The van der Waals surface area contributed by atoms with Crippen LogP contribution in [0.1, 0.15) is 5.56 Å². The summed E-state index contributed by atoms with van der Waals surface area (Å²) in [7, 11) is -3.62. The van der Waals surface area contributed by atoms with Crippen molar-refractivity contribution in [1.29, 1.82) is 0 Å². The van der Waals surface area contributed by atoms with Crippen molar-refractivity contribution in [3.8, 4) is 0 Å². The number of nitrogens with zero attached hydrogens (tertiary/aromatic N) is 1. The zero-order chi connectivity index (χ0) is 13.7. The number of para-hydroxylation sites is 1. The minimum absolute atomic E-state index is 0.112. The first-order valence-corrected chi connectivity index (χ1v) is 7.06. The molecule has 0 amide bonds. The SMILES string of the molecule is NNc1ccccc1S(=O)(=O)NCc1cccnc1. The fraction of sp³-hybridized carbons (Fsp3) is 0.0833. The number of nitrogen functional groups attached to an aromatic ring is 1. The van der Waals surface area contributed by atoms with E-state index in [9.17, 15) is 8.42 Å². The van der Waals surface area contributed by atoms with Crippen molar-refractivity contribution in [2.45, 2.75) is 11.4 Å². The van der Waals surface area contributed by atoms with Gasteiger partial charge in [0.05, 0.1) is 5.69 Å². The third-order valence-corrected chi connectivity index (χ3v) is 3.98. The van der Waals surface area contributed by atoms with E-state index in [2.05, 4.69) is 15.1 Å². The third-order valence-electron chi connectivity index (χ3n) is 2.52. The fourth-order valence-corrected chi connectivity index (χ4v) is 2.77. The van der Waals surface area contributed by atoms with Gasteiger partial charge in [0, 0.05) is 18.9 Å². The van der Waals surface area contributed by atoms with Crippen LogP contribution in [0.3, 0.4) is 0 Å². The molecule has 0 atom stereocenters. The third kappa shape index (κ3) is 3.28. The lowest BCUT2D eigenvalue weighted by molar-refractivity contribution is 0.581. The maximum atomic E-state index is 12.2. The van der Waals surface area contributed by atoms with Crippen molar-refractivity contribution in [2.24, 2.45) is 5.84 Å². The number of aromatic nitrogens is 1. The van der Waals surface area contributed by atoms with Crippen LogP contribution in [0.2, 0.25) is 0 Å². The Morgan fingerprint density at radius 1 is 1.16 bits per heavy atom. The minimum atomic E-state index is -3.62. The highest BCUT2D eigenvalue weighted by Gasteiger charge is 2.17. The van der Waals surface area contributed by atoms with Gasteiger partial charge in [0.15, 0.2) is 0 Å². The van der Waals surface area contributed by atoms with Gasteiger partial charge in [-0.1, -0.05) is 18.2 Å². The molecule has 19 heavy (non-hydrogen) atoms. The summed E-state index contributed by atoms with van der Waals surface area (Å²) in [5, 5.41) is 0. The van der Waals surface area contributed by atoms with Gasteiger partial charge in [-0.05, 0) is 23.8 Å². The number of pyridine rings is 1. The maximum absolute atomic E-state index is 12.2. The Morgan fingerprint density at radius 3 is 2.63 bits per heavy atom. The topological polar surface area (TPSA) is 97.1 Å². The highest BCUT2D eigenvalue weighted by Crippen LogP contribution is 2.19. The Balaban J connectivity index is 2.19. The van der Waals surface area contributed by atoms with Crippen LogP contribution in [0.15, 0.2) is 53.7 Å². The summed E-state index contributed by atoms with van der Waals surface area (Å²) < 4.78 is 26.8. The van der Waals surface area contributed by atoms with E-state index in [0.29, 0.717) is 5.69 Å². The van der Waals surface area contributed by atoms with Crippen molar-refractivity contribution < 1.29 is 8.42 Å². The number of hydrogen-bond acceptors (Lipinski definition) is 5. The van der Waals surface area contributed by atoms with Crippen molar-refractivity contribution in [2.75, 3.05) is 5.43 Å². The Kier molecular flexibility index (Phi) is 4.10. The summed E-state index contributed by atoms with van der Waals surface area (Å²) in [5.74, 6) is 5.30. The van der Waals surface area contributed by atoms with E-state index in [1.165, 1.54) is 6.07 Å². The molecular formula is C12H14N4O2S. The number of hydrogen-bond donors (Lipinski definition) is 3. The molecule has 100 valence electrons. The smallest absolute Gasteiger partial charge is 0.242 e. The van der Waals surface area contributed by atoms with Crippen LogP contribution >= 0.6 is 0 Å². The summed E-state index contributed by atoms with van der Waals surface area (Å²) in [6.45, 7) is 0.176. The molecule has 6 nitrogen and oxygen atoms in total. The van der Waals surface area contributed by atoms with Crippen LogP contribution < -0.4 is 16.0 Å². The molecule has 2 rings (SSSR count). The normalized spacial score (nSPS) is 11.2. The molecule has 2 aromatic rings. The number of anilines is 1. The molecule has 1 aromatic carbocycles. The molecule has 4 N–H and O–H groups in total. The highest BCUT2D eigenvalue weighted by molar-refractivity contribution is 7.89. The van der Waals surface area contributed by atoms with Gasteiger partial charge < -0.3 is 5.43 Å². The lowest BCUT2D eigenvalue weighted by Crippen LogP contribution is -2.25. The van der Waals surface area contributed by atoms with Crippen molar-refractivity contribution in [1.82, 2.24) is 9.71 Å². The van der Waals surface area contributed by atoms with Gasteiger partial charge >= 0.3 is 0 Å². The molecule has 0 aliphatic carbocycles. The van der Waals surface area contributed by atoms with Crippen LogP contribution in [0, 0.1) is 0 Å². The quantitative estimate of drug-likeness (QED) is 0.556. The molecule has 0 spiro atoms. The van der Waals surface area contributed by atoms with E-state index in [-0.39, 0.29) is 11.4 Å². The summed E-state index contributed by atoms with van der Waals surface area (Å²) in [6, 6.07) is 9.97. The number of benzene rings is 1. The molecule has 0 aliphatic rings. The Hall–Kier alpha value is -1.96. The van der Waals surface area contributed by atoms with Gasteiger partial charge in [-0.3, -0.25) is 10.8 Å². The molecule has 0 radical (unpaired) electrons. The first-order chi connectivity index (χ1) is 9.13. The molecule has 7 heteroatoms. The maximum Gasteiger partial charge on any atom is 0.242 e. The van der Waals surface area contributed by atoms with Crippen molar-refractivity contribution in [3.63, 3.8) is 0 Å². The molecule has 0 bridgehead atoms. The van der Waals surface area contributed by atoms with Gasteiger partial charge in [-0.2, -0.15) is 0 Å². The lowest BCUT2D eigenvalue weighted by atomic mass is 10.3. The Bertz CT molecular complexity index is 644. The highest BCUT2D eigenvalue weighted by atomic mass is 32.2. The molecular weight excluding hydrogens is 264 g/mol. The number of nitrogens with one attached hydrogen (secondary N) is 2. The summed E-state index contributed by atoms with van der Waals surface area (Å²) >= 11 is 0. The predicted molar refractivity (Wildman–Crippen MR) is 72.5 cm³/mol. The average Bonchev–Trinajstić information content (AvgIpc) is 2.46. The number of rotatable bonds is 5. The molecule has 0 fully saturated rings. The number of nitrogens with two attached hydrogens (primary N) is 1. The molecule has 0 saturated heterocycles. The van der Waals surface area contributed by atoms with Crippen LogP contribution in [0.5, 0.6) is 0 Å². The zero-order valence-corrected chi connectivity index (χ0v) is 10.9. The first-order valence-electron chi connectivity index (χ1n) is 5.58. The van der Waals surface area contributed by atoms with Crippen molar-refractivity contribution in [3.05, 3.63) is 54.4 Å². The first kappa shape index (κ1) is 13.5. The minimum Gasteiger partial charge on any atom is -0.323 e. The van der Waals surface area contributed by atoms with Gasteiger partial charge in [0.2, 0.25) is 10.0 Å². The second-order valence-electron chi connectivity index (χ2n) is 3.83. The van der Waals surface area contributed by atoms with Crippen LogP contribution in [0.4, 0.5) is 5.69 Å². The van der Waals surface area contributed by atoms with Crippen LogP contribution in [-0.4, -0.2) is 13.4 Å².